The lowest BCUT2D eigenvalue weighted by molar-refractivity contribution is 0.259. The van der Waals surface area contributed by atoms with Gasteiger partial charge < -0.3 is 5.32 Å². The topological polar surface area (TPSA) is 32.3 Å². The summed E-state index contributed by atoms with van der Waals surface area (Å²) in [4.78, 5) is 12.5. The van der Waals surface area contributed by atoms with Crippen LogP contribution in [-0.4, -0.2) is 30.5 Å². The molecule has 0 saturated carbocycles. The van der Waals surface area contributed by atoms with E-state index in [1.54, 1.807) is 6.07 Å². The summed E-state index contributed by atoms with van der Waals surface area (Å²) < 4.78 is 25.7. The average molecular weight is 238 g/mol. The van der Waals surface area contributed by atoms with Crippen molar-refractivity contribution in [2.24, 2.45) is 0 Å². The minimum Gasteiger partial charge on any atom is -0.377 e. The number of piperazine rings is 1. The van der Waals surface area contributed by atoms with Crippen molar-refractivity contribution < 1.29 is 13.6 Å². The van der Waals surface area contributed by atoms with Crippen LogP contribution in [0.3, 0.4) is 0 Å². The summed E-state index contributed by atoms with van der Waals surface area (Å²) in [7, 11) is 0. The Balaban J connectivity index is 2.05. The van der Waals surface area contributed by atoms with Gasteiger partial charge in [0.25, 0.3) is 0 Å². The molecule has 1 aromatic rings. The van der Waals surface area contributed by atoms with E-state index in [1.165, 1.54) is 6.07 Å². The standard InChI is InChI=1S/C12H12F2N2O/c13-11-2-1-9(5-12(11)14)6-16-4-3-15-10(7-16)8-17/h1-2,5,15H,3-4,6-7H2. The molecular weight excluding hydrogens is 226 g/mol. The summed E-state index contributed by atoms with van der Waals surface area (Å²) in [5.74, 6) is 0.131. The average Bonchev–Trinajstić information content (AvgIpc) is 2.34. The summed E-state index contributed by atoms with van der Waals surface area (Å²) in [5.41, 5.74) is 1.19. The predicted octanol–water partition coefficient (Wildman–Crippen LogP) is 1.09. The van der Waals surface area contributed by atoms with Crippen LogP contribution in [-0.2, 0) is 11.3 Å². The summed E-state index contributed by atoms with van der Waals surface area (Å²) in [6, 6.07) is 3.84. The van der Waals surface area contributed by atoms with Crippen molar-refractivity contribution in [1.29, 1.82) is 0 Å². The molecule has 0 amide bonds. The highest BCUT2D eigenvalue weighted by Gasteiger charge is 2.15. The fourth-order valence-corrected chi connectivity index (χ4v) is 1.82. The van der Waals surface area contributed by atoms with Gasteiger partial charge in [0.1, 0.15) is 11.6 Å². The molecule has 1 aromatic carbocycles. The van der Waals surface area contributed by atoms with Gasteiger partial charge in [-0.3, -0.25) is 4.90 Å². The molecule has 0 bridgehead atoms. The lowest BCUT2D eigenvalue weighted by atomic mass is 10.2. The number of hydrogen-bond donors (Lipinski definition) is 1. The first-order valence-corrected chi connectivity index (χ1v) is 5.33. The van der Waals surface area contributed by atoms with E-state index in [4.69, 9.17) is 0 Å². The maximum Gasteiger partial charge on any atom is 0.159 e. The van der Waals surface area contributed by atoms with E-state index in [2.05, 4.69) is 5.32 Å². The quantitative estimate of drug-likeness (QED) is 0.783. The minimum atomic E-state index is -0.845. The van der Waals surface area contributed by atoms with Gasteiger partial charge in [-0.2, -0.15) is 0 Å². The molecular formula is C12H12F2N2O. The van der Waals surface area contributed by atoms with Gasteiger partial charge in [-0.1, -0.05) is 6.07 Å². The number of benzene rings is 1. The van der Waals surface area contributed by atoms with Crippen LogP contribution in [0, 0.1) is 11.6 Å². The Labute approximate surface area is 97.7 Å². The fraction of sp³-hybridized carbons (Fsp3) is 0.333. The van der Waals surface area contributed by atoms with Crippen LogP contribution in [0.25, 0.3) is 0 Å². The van der Waals surface area contributed by atoms with Crippen molar-refractivity contribution in [1.82, 2.24) is 10.2 Å². The molecule has 17 heavy (non-hydrogen) atoms. The summed E-state index contributed by atoms with van der Waals surface area (Å²) >= 11 is 0. The Bertz CT molecular complexity index is 470. The van der Waals surface area contributed by atoms with E-state index in [9.17, 15) is 13.6 Å². The first-order chi connectivity index (χ1) is 8.19. The third-order valence-electron chi connectivity index (χ3n) is 2.66. The van der Waals surface area contributed by atoms with Crippen molar-refractivity contribution in [3.63, 3.8) is 0 Å². The lowest BCUT2D eigenvalue weighted by Gasteiger charge is -2.27. The molecule has 90 valence electrons. The number of nitrogens with one attached hydrogen (secondary N) is 1. The molecule has 1 heterocycles. The number of halogens is 2. The zero-order chi connectivity index (χ0) is 12.3. The molecule has 0 unspecified atom stereocenters. The summed E-state index contributed by atoms with van der Waals surface area (Å²) in [5, 5.41) is 2.92. The maximum atomic E-state index is 13.0. The first-order valence-electron chi connectivity index (χ1n) is 5.33. The molecule has 0 atom stereocenters. The second-order valence-corrected chi connectivity index (χ2v) is 3.97. The smallest absolute Gasteiger partial charge is 0.159 e. The zero-order valence-electron chi connectivity index (χ0n) is 9.17. The highest BCUT2D eigenvalue weighted by atomic mass is 19.2. The van der Waals surface area contributed by atoms with Gasteiger partial charge in [0.05, 0.1) is 0 Å². The molecule has 1 saturated heterocycles. The first kappa shape index (κ1) is 11.8. The number of carbonyl (C=O) groups excluding carboxylic acids is 1. The Kier molecular flexibility index (Phi) is 3.52. The van der Waals surface area contributed by atoms with Gasteiger partial charge >= 0.3 is 0 Å². The molecule has 1 N–H and O–H groups in total. The van der Waals surface area contributed by atoms with Crippen LogP contribution in [0.5, 0.6) is 0 Å². The molecule has 3 nitrogen and oxygen atoms in total. The normalized spacial score (nSPS) is 16.5. The lowest BCUT2D eigenvalue weighted by Crippen LogP contribution is -2.41. The SMILES string of the molecule is O=C=C1CN(Cc2ccc(F)c(F)c2)CCN1. The maximum absolute atomic E-state index is 13.0. The Morgan fingerprint density at radius 1 is 1.35 bits per heavy atom. The van der Waals surface area contributed by atoms with Gasteiger partial charge in [-0.15, -0.1) is 0 Å². The van der Waals surface area contributed by atoms with E-state index in [-0.39, 0.29) is 0 Å². The third-order valence-corrected chi connectivity index (χ3v) is 2.66. The molecule has 5 heteroatoms. The van der Waals surface area contributed by atoms with Gasteiger partial charge in [-0.05, 0) is 17.7 Å². The zero-order valence-corrected chi connectivity index (χ0v) is 9.17. The van der Waals surface area contributed by atoms with Crippen molar-refractivity contribution in [3.8, 4) is 0 Å². The molecule has 0 aromatic heterocycles. The van der Waals surface area contributed by atoms with Crippen LogP contribution in [0.4, 0.5) is 8.78 Å². The van der Waals surface area contributed by atoms with E-state index in [1.807, 2.05) is 10.8 Å². The van der Waals surface area contributed by atoms with Crippen LogP contribution in [0.1, 0.15) is 5.56 Å². The number of rotatable bonds is 2. The molecule has 1 aliphatic rings. The largest absolute Gasteiger partial charge is 0.377 e. The Hall–Kier alpha value is -1.71. The van der Waals surface area contributed by atoms with Gasteiger partial charge in [0.15, 0.2) is 11.6 Å². The third kappa shape index (κ3) is 2.90. The highest BCUT2D eigenvalue weighted by molar-refractivity contribution is 5.52. The van der Waals surface area contributed by atoms with Gasteiger partial charge in [-0.25, -0.2) is 13.6 Å². The van der Waals surface area contributed by atoms with Crippen molar-refractivity contribution in [2.75, 3.05) is 19.6 Å². The minimum absolute atomic E-state index is 0.461. The molecule has 2 rings (SSSR count). The predicted molar refractivity (Wildman–Crippen MR) is 58.8 cm³/mol. The summed E-state index contributed by atoms with van der Waals surface area (Å²) in [6.45, 7) is 2.37. The van der Waals surface area contributed by atoms with E-state index < -0.39 is 11.6 Å². The van der Waals surface area contributed by atoms with Crippen molar-refractivity contribution in [2.45, 2.75) is 6.54 Å². The molecule has 0 radical (unpaired) electrons. The van der Waals surface area contributed by atoms with Crippen LogP contribution >= 0.6 is 0 Å². The van der Waals surface area contributed by atoms with Crippen molar-refractivity contribution in [3.05, 3.63) is 41.1 Å². The fourth-order valence-electron chi connectivity index (χ4n) is 1.82. The summed E-state index contributed by atoms with van der Waals surface area (Å²) in [6.07, 6.45) is 0. The molecule has 1 fully saturated rings. The Morgan fingerprint density at radius 3 is 2.88 bits per heavy atom. The van der Waals surface area contributed by atoms with Crippen LogP contribution in [0.15, 0.2) is 23.9 Å². The van der Waals surface area contributed by atoms with Crippen LogP contribution in [0.2, 0.25) is 0 Å². The second kappa shape index (κ2) is 5.08. The van der Waals surface area contributed by atoms with E-state index >= 15 is 0 Å². The monoisotopic (exact) mass is 238 g/mol. The second-order valence-electron chi connectivity index (χ2n) is 3.97. The molecule has 1 aliphatic heterocycles. The highest BCUT2D eigenvalue weighted by Crippen LogP contribution is 2.12. The number of hydrogen-bond acceptors (Lipinski definition) is 3. The molecule has 0 spiro atoms. The van der Waals surface area contributed by atoms with Crippen molar-refractivity contribution >= 4 is 5.94 Å². The van der Waals surface area contributed by atoms with Crippen LogP contribution < -0.4 is 5.32 Å². The van der Waals surface area contributed by atoms with E-state index in [0.29, 0.717) is 30.9 Å². The van der Waals surface area contributed by atoms with E-state index in [0.717, 1.165) is 12.6 Å². The van der Waals surface area contributed by atoms with Gasteiger partial charge in [0, 0.05) is 26.2 Å². The molecule has 0 aliphatic carbocycles. The Morgan fingerprint density at radius 2 is 2.18 bits per heavy atom. The van der Waals surface area contributed by atoms with Gasteiger partial charge in [0.2, 0.25) is 0 Å². The number of nitrogens with zero attached hydrogens (tertiary/aromatic N) is 1.